The van der Waals surface area contributed by atoms with Gasteiger partial charge < -0.3 is 4.98 Å². The highest BCUT2D eigenvalue weighted by molar-refractivity contribution is 5.45. The molecule has 0 radical (unpaired) electrons. The van der Waals surface area contributed by atoms with E-state index in [1.807, 2.05) is 0 Å². The summed E-state index contributed by atoms with van der Waals surface area (Å²) in [5, 5.41) is 0. The van der Waals surface area contributed by atoms with Crippen molar-refractivity contribution in [1.29, 1.82) is 0 Å². The van der Waals surface area contributed by atoms with Crippen LogP contribution in [0.4, 0.5) is 0 Å². The summed E-state index contributed by atoms with van der Waals surface area (Å²) in [5.41, 5.74) is 6.37. The monoisotopic (exact) mass is 263 g/mol. The summed E-state index contributed by atoms with van der Waals surface area (Å²) < 4.78 is 0. The molecule has 1 heteroatoms. The fraction of sp³-hybridized carbons (Fsp3) is 0.778. The van der Waals surface area contributed by atoms with E-state index >= 15 is 0 Å². The standard InChI is InChI=1S/C18H33N/c1-10-12(3)15-14(18(8,9)11-2)13(4)16(19-15)17(5,6)7/h12,19H,10-11H2,1-9H3. The van der Waals surface area contributed by atoms with Gasteiger partial charge >= 0.3 is 0 Å². The van der Waals surface area contributed by atoms with E-state index in [0.29, 0.717) is 5.92 Å². The Labute approximate surface area is 120 Å². The van der Waals surface area contributed by atoms with E-state index in [4.69, 9.17) is 0 Å². The molecule has 0 aliphatic heterocycles. The van der Waals surface area contributed by atoms with Gasteiger partial charge in [0.05, 0.1) is 0 Å². The van der Waals surface area contributed by atoms with E-state index in [1.165, 1.54) is 29.8 Å². The summed E-state index contributed by atoms with van der Waals surface area (Å²) in [5.74, 6) is 0.607. The van der Waals surface area contributed by atoms with Gasteiger partial charge in [0, 0.05) is 16.8 Å². The Morgan fingerprint density at radius 3 is 1.95 bits per heavy atom. The van der Waals surface area contributed by atoms with Crippen molar-refractivity contribution < 1.29 is 0 Å². The number of aromatic amines is 1. The second-order valence-electron chi connectivity index (χ2n) is 7.71. The van der Waals surface area contributed by atoms with Crippen LogP contribution in [-0.2, 0) is 10.8 Å². The fourth-order valence-corrected chi connectivity index (χ4v) is 2.99. The van der Waals surface area contributed by atoms with E-state index in [1.54, 1.807) is 5.56 Å². The maximum absolute atomic E-state index is 3.78. The normalized spacial score (nSPS) is 14.8. The number of hydrogen-bond donors (Lipinski definition) is 1. The Morgan fingerprint density at radius 2 is 1.58 bits per heavy atom. The van der Waals surface area contributed by atoms with Crippen LogP contribution in [0.2, 0.25) is 0 Å². The maximum Gasteiger partial charge on any atom is 0.0236 e. The van der Waals surface area contributed by atoms with Crippen molar-refractivity contribution in [3.8, 4) is 0 Å². The second kappa shape index (κ2) is 5.34. The zero-order chi connectivity index (χ0) is 15.0. The molecule has 0 aromatic carbocycles. The third-order valence-corrected chi connectivity index (χ3v) is 4.69. The Morgan fingerprint density at radius 1 is 1.05 bits per heavy atom. The van der Waals surface area contributed by atoms with Gasteiger partial charge in [-0.15, -0.1) is 0 Å². The molecule has 1 heterocycles. The van der Waals surface area contributed by atoms with Crippen LogP contribution in [0.1, 0.15) is 96.7 Å². The third-order valence-electron chi connectivity index (χ3n) is 4.69. The average Bonchev–Trinajstić information content (AvgIpc) is 2.66. The molecular weight excluding hydrogens is 230 g/mol. The summed E-state index contributed by atoms with van der Waals surface area (Å²) in [4.78, 5) is 3.78. The highest BCUT2D eigenvalue weighted by Crippen LogP contribution is 2.40. The van der Waals surface area contributed by atoms with Crippen LogP contribution in [0, 0.1) is 6.92 Å². The maximum atomic E-state index is 3.78. The quantitative estimate of drug-likeness (QED) is 0.704. The van der Waals surface area contributed by atoms with Crippen molar-refractivity contribution in [2.75, 3.05) is 0 Å². The molecule has 1 aromatic rings. The first-order valence-corrected chi connectivity index (χ1v) is 7.79. The number of hydrogen-bond acceptors (Lipinski definition) is 0. The van der Waals surface area contributed by atoms with Crippen molar-refractivity contribution in [1.82, 2.24) is 4.98 Å². The van der Waals surface area contributed by atoms with Gasteiger partial charge in [0.1, 0.15) is 0 Å². The Kier molecular flexibility index (Phi) is 4.59. The molecule has 0 saturated carbocycles. The van der Waals surface area contributed by atoms with E-state index < -0.39 is 0 Å². The Hall–Kier alpha value is -0.720. The largest absolute Gasteiger partial charge is 0.361 e. The van der Waals surface area contributed by atoms with Gasteiger partial charge in [-0.1, -0.05) is 55.4 Å². The molecule has 0 saturated heterocycles. The number of H-pyrrole nitrogens is 1. The van der Waals surface area contributed by atoms with Crippen LogP contribution < -0.4 is 0 Å². The minimum absolute atomic E-state index is 0.189. The minimum atomic E-state index is 0.189. The lowest BCUT2D eigenvalue weighted by Crippen LogP contribution is -2.19. The SMILES string of the molecule is CCC(C)c1[nH]c(C(C)(C)C)c(C)c1C(C)(C)CC. The zero-order valence-corrected chi connectivity index (χ0v) is 14.5. The summed E-state index contributed by atoms with van der Waals surface area (Å²) in [6.45, 7) is 20.9. The highest BCUT2D eigenvalue weighted by Gasteiger charge is 2.31. The first-order chi connectivity index (χ1) is 8.56. The van der Waals surface area contributed by atoms with E-state index in [-0.39, 0.29) is 10.8 Å². The van der Waals surface area contributed by atoms with Crippen LogP contribution in [0.15, 0.2) is 0 Å². The lowest BCUT2D eigenvalue weighted by molar-refractivity contribution is 0.492. The van der Waals surface area contributed by atoms with E-state index in [2.05, 4.69) is 67.3 Å². The van der Waals surface area contributed by atoms with Crippen molar-refractivity contribution in [2.45, 2.75) is 91.9 Å². The lowest BCUT2D eigenvalue weighted by Gasteiger charge is -2.27. The number of nitrogens with one attached hydrogen (secondary N) is 1. The molecule has 1 aromatic heterocycles. The zero-order valence-electron chi connectivity index (χ0n) is 14.5. The lowest BCUT2D eigenvalue weighted by atomic mass is 9.76. The molecule has 0 aliphatic rings. The van der Waals surface area contributed by atoms with Crippen molar-refractivity contribution >= 4 is 0 Å². The predicted molar refractivity (Wildman–Crippen MR) is 86.3 cm³/mol. The molecule has 0 amide bonds. The van der Waals surface area contributed by atoms with Gasteiger partial charge in [0.2, 0.25) is 0 Å². The van der Waals surface area contributed by atoms with Gasteiger partial charge in [-0.05, 0) is 42.2 Å². The van der Waals surface area contributed by atoms with E-state index in [9.17, 15) is 0 Å². The molecule has 0 bridgehead atoms. The molecular formula is C18H33N. The summed E-state index contributed by atoms with van der Waals surface area (Å²) >= 11 is 0. The van der Waals surface area contributed by atoms with Crippen molar-refractivity contribution in [3.63, 3.8) is 0 Å². The minimum Gasteiger partial charge on any atom is -0.361 e. The molecule has 1 N–H and O–H groups in total. The first kappa shape index (κ1) is 16.3. The molecule has 0 spiro atoms. The number of rotatable bonds is 4. The molecule has 0 fully saturated rings. The van der Waals surface area contributed by atoms with Gasteiger partial charge in [0.15, 0.2) is 0 Å². The smallest absolute Gasteiger partial charge is 0.0236 e. The first-order valence-electron chi connectivity index (χ1n) is 7.79. The molecule has 1 nitrogen and oxygen atoms in total. The third kappa shape index (κ3) is 3.07. The predicted octanol–water partition coefficient (Wildman–Crippen LogP) is 5.82. The molecule has 1 rings (SSSR count). The summed E-state index contributed by atoms with van der Waals surface area (Å²) in [6.07, 6.45) is 2.37. The van der Waals surface area contributed by atoms with Gasteiger partial charge in [-0.2, -0.15) is 0 Å². The molecule has 1 atom stereocenters. The van der Waals surface area contributed by atoms with Gasteiger partial charge in [-0.25, -0.2) is 0 Å². The van der Waals surface area contributed by atoms with Crippen molar-refractivity contribution in [3.05, 3.63) is 22.5 Å². The summed E-state index contributed by atoms with van der Waals surface area (Å²) in [6, 6.07) is 0. The topological polar surface area (TPSA) is 15.8 Å². The van der Waals surface area contributed by atoms with Crippen LogP contribution >= 0.6 is 0 Å². The van der Waals surface area contributed by atoms with Crippen LogP contribution in [0.25, 0.3) is 0 Å². The van der Waals surface area contributed by atoms with Crippen LogP contribution in [-0.4, -0.2) is 4.98 Å². The Bertz CT molecular complexity index is 429. The highest BCUT2D eigenvalue weighted by atomic mass is 14.8. The van der Waals surface area contributed by atoms with Crippen LogP contribution in [0.3, 0.4) is 0 Å². The van der Waals surface area contributed by atoms with Crippen LogP contribution in [0.5, 0.6) is 0 Å². The summed E-state index contributed by atoms with van der Waals surface area (Å²) in [7, 11) is 0. The average molecular weight is 263 g/mol. The Balaban J connectivity index is 3.54. The molecule has 1 unspecified atom stereocenters. The second-order valence-corrected chi connectivity index (χ2v) is 7.71. The molecule has 0 aliphatic carbocycles. The van der Waals surface area contributed by atoms with Gasteiger partial charge in [0.25, 0.3) is 0 Å². The number of aromatic nitrogens is 1. The van der Waals surface area contributed by atoms with Crippen molar-refractivity contribution in [2.24, 2.45) is 0 Å². The fourth-order valence-electron chi connectivity index (χ4n) is 2.99. The molecule has 110 valence electrons. The molecule has 19 heavy (non-hydrogen) atoms. The van der Waals surface area contributed by atoms with E-state index in [0.717, 1.165) is 0 Å². The van der Waals surface area contributed by atoms with Gasteiger partial charge in [-0.3, -0.25) is 0 Å².